The van der Waals surface area contributed by atoms with Crippen LogP contribution in [0, 0.1) is 12.8 Å². The number of ether oxygens (including phenoxy) is 1. The molecule has 0 saturated heterocycles. The lowest BCUT2D eigenvalue weighted by Crippen LogP contribution is -2.30. The predicted octanol–water partition coefficient (Wildman–Crippen LogP) is 3.60. The van der Waals surface area contributed by atoms with E-state index in [-0.39, 0.29) is 17.9 Å². The van der Waals surface area contributed by atoms with E-state index < -0.39 is 0 Å². The molecule has 8 heteroatoms. The maximum Gasteiger partial charge on any atom is 0.229 e. The molecule has 0 bridgehead atoms. The summed E-state index contributed by atoms with van der Waals surface area (Å²) >= 11 is 1.54. The molecule has 1 fully saturated rings. The molecule has 1 aliphatic carbocycles. The Morgan fingerprint density at radius 3 is 2.74 bits per heavy atom. The van der Waals surface area contributed by atoms with Crippen LogP contribution < -0.4 is 5.32 Å². The van der Waals surface area contributed by atoms with Crippen LogP contribution in [0.25, 0.3) is 21.5 Å². The molecule has 0 radical (unpaired) electrons. The SMILES string of the molecule is CO[C@H]1CC[C@H](C(=O)Nc2ncc3ccc(-c4nnc(C)s4)cc3n2)CC1. The van der Waals surface area contributed by atoms with E-state index in [0.717, 1.165) is 52.2 Å². The van der Waals surface area contributed by atoms with Gasteiger partial charge < -0.3 is 4.74 Å². The number of hydrogen-bond donors (Lipinski definition) is 1. The third kappa shape index (κ3) is 3.96. The maximum absolute atomic E-state index is 12.5. The Morgan fingerprint density at radius 1 is 1.22 bits per heavy atom. The molecule has 4 rings (SSSR count). The van der Waals surface area contributed by atoms with E-state index in [0.29, 0.717) is 5.95 Å². The van der Waals surface area contributed by atoms with Gasteiger partial charge in [0.05, 0.1) is 11.6 Å². The molecule has 3 aromatic rings. The Bertz CT molecular complexity index is 966. The van der Waals surface area contributed by atoms with Gasteiger partial charge >= 0.3 is 0 Å². The van der Waals surface area contributed by atoms with Gasteiger partial charge in [0, 0.05) is 30.2 Å². The highest BCUT2D eigenvalue weighted by Crippen LogP contribution is 2.28. The van der Waals surface area contributed by atoms with Crippen molar-refractivity contribution in [1.82, 2.24) is 20.2 Å². The van der Waals surface area contributed by atoms with E-state index in [1.54, 1.807) is 13.3 Å². The zero-order valence-corrected chi connectivity index (χ0v) is 16.1. The molecule has 27 heavy (non-hydrogen) atoms. The maximum atomic E-state index is 12.5. The fourth-order valence-electron chi connectivity index (χ4n) is 3.40. The van der Waals surface area contributed by atoms with Crippen LogP contribution in [0.1, 0.15) is 30.7 Å². The number of fused-ring (bicyclic) bond motifs is 1. The number of aromatic nitrogens is 4. The second-order valence-electron chi connectivity index (χ2n) is 6.79. The third-order valence-electron chi connectivity index (χ3n) is 4.97. The van der Waals surface area contributed by atoms with E-state index in [1.807, 2.05) is 25.1 Å². The van der Waals surface area contributed by atoms with Crippen molar-refractivity contribution in [2.45, 2.75) is 38.7 Å². The Kier molecular flexibility index (Phi) is 5.09. The van der Waals surface area contributed by atoms with Crippen molar-refractivity contribution in [2.24, 2.45) is 5.92 Å². The van der Waals surface area contributed by atoms with Crippen molar-refractivity contribution in [1.29, 1.82) is 0 Å². The van der Waals surface area contributed by atoms with E-state index in [9.17, 15) is 4.79 Å². The van der Waals surface area contributed by atoms with Gasteiger partial charge in [0.15, 0.2) is 0 Å². The minimum Gasteiger partial charge on any atom is -0.381 e. The first-order valence-electron chi connectivity index (χ1n) is 9.03. The molecule has 2 heterocycles. The van der Waals surface area contributed by atoms with Crippen LogP contribution in [0.4, 0.5) is 5.95 Å². The number of aryl methyl sites for hydroxylation is 1. The van der Waals surface area contributed by atoms with Gasteiger partial charge in [-0.2, -0.15) is 0 Å². The first-order valence-corrected chi connectivity index (χ1v) is 9.85. The summed E-state index contributed by atoms with van der Waals surface area (Å²) in [4.78, 5) is 21.4. The van der Waals surface area contributed by atoms with Gasteiger partial charge in [0.1, 0.15) is 10.0 Å². The summed E-state index contributed by atoms with van der Waals surface area (Å²) in [6.45, 7) is 1.93. The lowest BCUT2D eigenvalue weighted by atomic mass is 9.87. The van der Waals surface area contributed by atoms with Crippen LogP contribution in [0.15, 0.2) is 24.4 Å². The Balaban J connectivity index is 1.51. The number of nitrogens with one attached hydrogen (secondary N) is 1. The molecule has 2 aromatic heterocycles. The quantitative estimate of drug-likeness (QED) is 0.740. The molecule has 0 unspecified atom stereocenters. The number of carbonyl (C=O) groups is 1. The zero-order valence-electron chi connectivity index (χ0n) is 15.3. The molecule has 7 nitrogen and oxygen atoms in total. The smallest absolute Gasteiger partial charge is 0.229 e. The summed E-state index contributed by atoms with van der Waals surface area (Å²) in [5.41, 5.74) is 1.73. The highest BCUT2D eigenvalue weighted by atomic mass is 32.1. The first kappa shape index (κ1) is 17.9. The summed E-state index contributed by atoms with van der Waals surface area (Å²) in [6.07, 6.45) is 5.50. The lowest BCUT2D eigenvalue weighted by molar-refractivity contribution is -0.121. The Labute approximate surface area is 161 Å². The highest BCUT2D eigenvalue weighted by Gasteiger charge is 2.26. The molecular formula is C19H21N5O2S. The molecule has 1 saturated carbocycles. The van der Waals surface area contributed by atoms with E-state index >= 15 is 0 Å². The first-order chi connectivity index (χ1) is 13.1. The van der Waals surface area contributed by atoms with E-state index in [4.69, 9.17) is 4.74 Å². The fraction of sp³-hybridized carbons (Fsp3) is 0.421. The Morgan fingerprint density at radius 2 is 2.04 bits per heavy atom. The van der Waals surface area contributed by atoms with Crippen molar-refractivity contribution in [2.75, 3.05) is 12.4 Å². The third-order valence-corrected chi connectivity index (χ3v) is 5.86. The second kappa shape index (κ2) is 7.66. The molecule has 0 spiro atoms. The van der Waals surface area contributed by atoms with Gasteiger partial charge in [0.25, 0.3) is 0 Å². The highest BCUT2D eigenvalue weighted by molar-refractivity contribution is 7.14. The normalized spacial score (nSPS) is 19.9. The van der Waals surface area contributed by atoms with Crippen molar-refractivity contribution < 1.29 is 9.53 Å². The standard InChI is InChI=1S/C19H21N5O2S/c1-11-23-24-18(27-11)13-3-4-14-10-20-19(21-16(14)9-13)22-17(25)12-5-7-15(26-2)8-6-12/h3-4,9-10,12,15H,5-8H2,1-2H3,(H,20,21,22,25)/t12-,15-. The number of rotatable bonds is 4. The van der Waals surface area contributed by atoms with Crippen LogP contribution in [0.3, 0.4) is 0 Å². The molecule has 140 valence electrons. The van der Waals surface area contributed by atoms with E-state index in [2.05, 4.69) is 25.5 Å². The van der Waals surface area contributed by atoms with Crippen LogP contribution in [0.2, 0.25) is 0 Å². The van der Waals surface area contributed by atoms with Crippen LogP contribution in [0.5, 0.6) is 0 Å². The second-order valence-corrected chi connectivity index (χ2v) is 7.97. The summed E-state index contributed by atoms with van der Waals surface area (Å²) in [5, 5.41) is 13.8. The molecule has 1 aromatic carbocycles. The summed E-state index contributed by atoms with van der Waals surface area (Å²) < 4.78 is 5.37. The number of anilines is 1. The number of carbonyl (C=O) groups excluding carboxylic acids is 1. The minimum absolute atomic E-state index is 0.00796. The van der Waals surface area contributed by atoms with Crippen LogP contribution in [-0.4, -0.2) is 39.3 Å². The molecule has 0 aliphatic heterocycles. The largest absolute Gasteiger partial charge is 0.381 e. The van der Waals surface area contributed by atoms with Gasteiger partial charge in [-0.05, 0) is 38.7 Å². The average Bonchev–Trinajstić information content (AvgIpc) is 3.14. The molecule has 1 N–H and O–H groups in total. The van der Waals surface area contributed by atoms with Crippen LogP contribution >= 0.6 is 11.3 Å². The number of methoxy groups -OCH3 is 1. The summed E-state index contributed by atoms with van der Waals surface area (Å²) in [6, 6.07) is 5.90. The van der Waals surface area contributed by atoms with Gasteiger partial charge in [-0.15, -0.1) is 10.2 Å². The van der Waals surface area contributed by atoms with Crippen molar-refractivity contribution in [3.05, 3.63) is 29.4 Å². The van der Waals surface area contributed by atoms with Crippen molar-refractivity contribution >= 4 is 34.1 Å². The number of amides is 1. The number of hydrogen-bond acceptors (Lipinski definition) is 7. The summed E-state index contributed by atoms with van der Waals surface area (Å²) in [5.74, 6) is 0.318. The fourth-order valence-corrected chi connectivity index (χ4v) is 4.09. The van der Waals surface area contributed by atoms with Crippen molar-refractivity contribution in [3.63, 3.8) is 0 Å². The molecule has 1 aliphatic rings. The molecule has 0 atom stereocenters. The van der Waals surface area contributed by atoms with E-state index in [1.165, 1.54) is 11.3 Å². The van der Waals surface area contributed by atoms with Gasteiger partial charge in [-0.3, -0.25) is 10.1 Å². The Hall–Kier alpha value is -2.45. The van der Waals surface area contributed by atoms with Gasteiger partial charge in [-0.25, -0.2) is 9.97 Å². The lowest BCUT2D eigenvalue weighted by Gasteiger charge is -2.26. The van der Waals surface area contributed by atoms with Crippen molar-refractivity contribution in [3.8, 4) is 10.6 Å². The average molecular weight is 383 g/mol. The summed E-state index contributed by atoms with van der Waals surface area (Å²) in [7, 11) is 1.73. The van der Waals surface area contributed by atoms with Gasteiger partial charge in [0.2, 0.25) is 11.9 Å². The predicted molar refractivity (Wildman–Crippen MR) is 105 cm³/mol. The number of benzene rings is 1. The monoisotopic (exact) mass is 383 g/mol. The van der Waals surface area contributed by atoms with Gasteiger partial charge in [-0.1, -0.05) is 23.5 Å². The van der Waals surface area contributed by atoms with Crippen LogP contribution in [-0.2, 0) is 9.53 Å². The number of nitrogens with zero attached hydrogens (tertiary/aromatic N) is 4. The topological polar surface area (TPSA) is 89.9 Å². The molecular weight excluding hydrogens is 362 g/mol. The molecule has 1 amide bonds. The minimum atomic E-state index is -0.0141. The zero-order chi connectivity index (χ0) is 18.8.